The zero-order valence-corrected chi connectivity index (χ0v) is 10.0. The molecule has 0 fully saturated rings. The highest BCUT2D eigenvalue weighted by atomic mass is 35.5. The fourth-order valence-electron chi connectivity index (χ4n) is 1.39. The van der Waals surface area contributed by atoms with Crippen molar-refractivity contribution in [3.05, 3.63) is 12.5 Å². The van der Waals surface area contributed by atoms with Gasteiger partial charge in [-0.15, -0.1) is 11.6 Å². The molecule has 0 spiro atoms. The topological polar surface area (TPSA) is 77.7 Å². The summed E-state index contributed by atoms with van der Waals surface area (Å²) in [5.41, 5.74) is 0.489. The number of hydrogen-bond acceptors (Lipinski definition) is 5. The predicted molar refractivity (Wildman–Crippen MR) is 59.1 cm³/mol. The number of aryl methyl sites for hydroxylation is 1. The predicted octanol–water partition coefficient (Wildman–Crippen LogP) is 0.376. The van der Waals surface area contributed by atoms with E-state index >= 15 is 0 Å². The molecule has 0 amide bonds. The Morgan fingerprint density at radius 1 is 1.44 bits per heavy atom. The van der Waals surface area contributed by atoms with E-state index in [0.29, 0.717) is 11.0 Å². The minimum absolute atomic E-state index is 0.00810. The van der Waals surface area contributed by atoms with E-state index in [4.69, 9.17) is 11.6 Å². The van der Waals surface area contributed by atoms with E-state index in [1.807, 2.05) is 0 Å². The average molecular weight is 261 g/mol. The van der Waals surface area contributed by atoms with Crippen LogP contribution in [-0.2, 0) is 16.9 Å². The lowest BCUT2D eigenvalue weighted by atomic mass is 10.4. The summed E-state index contributed by atoms with van der Waals surface area (Å²) in [6.45, 7) is 0. The summed E-state index contributed by atoms with van der Waals surface area (Å²) in [7, 11) is -1.77. The van der Waals surface area contributed by atoms with Crippen molar-refractivity contribution >= 4 is 32.5 Å². The second-order valence-corrected chi connectivity index (χ2v) is 5.59. The van der Waals surface area contributed by atoms with Crippen LogP contribution in [0.1, 0.15) is 0 Å². The number of alkyl halides is 1. The van der Waals surface area contributed by atoms with E-state index in [-0.39, 0.29) is 16.7 Å². The van der Waals surface area contributed by atoms with Gasteiger partial charge in [0.1, 0.15) is 6.33 Å². The van der Waals surface area contributed by atoms with Gasteiger partial charge in [-0.3, -0.25) is 4.68 Å². The maximum Gasteiger partial charge on any atom is 0.197 e. The van der Waals surface area contributed by atoms with Crippen LogP contribution in [0, 0.1) is 0 Å². The molecule has 0 bridgehead atoms. The Bertz CT molecular complexity index is 622. The summed E-state index contributed by atoms with van der Waals surface area (Å²) in [6.07, 6.45) is 2.65. The smallest absolute Gasteiger partial charge is 0.197 e. The molecule has 0 saturated heterocycles. The Hall–Kier alpha value is -1.21. The molecule has 0 saturated carbocycles. The van der Waals surface area contributed by atoms with Gasteiger partial charge in [-0.05, 0) is 0 Å². The van der Waals surface area contributed by atoms with Gasteiger partial charge in [0, 0.05) is 12.9 Å². The number of fused-ring (bicyclic) bond motifs is 1. The summed E-state index contributed by atoms with van der Waals surface area (Å²) in [4.78, 5) is 7.77. The van der Waals surface area contributed by atoms with Crippen molar-refractivity contribution < 1.29 is 8.42 Å². The van der Waals surface area contributed by atoms with Gasteiger partial charge in [0.15, 0.2) is 20.5 Å². The molecule has 0 unspecified atom stereocenters. The van der Waals surface area contributed by atoms with Crippen LogP contribution < -0.4 is 0 Å². The van der Waals surface area contributed by atoms with Crippen LogP contribution in [0.5, 0.6) is 0 Å². The number of sulfone groups is 1. The van der Waals surface area contributed by atoms with Crippen LogP contribution in [0.2, 0.25) is 0 Å². The van der Waals surface area contributed by atoms with Gasteiger partial charge in [-0.25, -0.2) is 18.4 Å². The van der Waals surface area contributed by atoms with Gasteiger partial charge in [0.25, 0.3) is 0 Å². The van der Waals surface area contributed by atoms with E-state index in [1.165, 1.54) is 17.2 Å². The van der Waals surface area contributed by atoms with E-state index < -0.39 is 9.84 Å². The maximum atomic E-state index is 11.8. The number of hydrogen-bond donors (Lipinski definition) is 0. The largest absolute Gasteiger partial charge is 0.250 e. The van der Waals surface area contributed by atoms with Gasteiger partial charge >= 0.3 is 0 Å². The standard InChI is InChI=1S/C8H9ClN4O2S/c1-13-7-6(4-12-13)8(11-5-10-7)16(14,15)3-2-9/h4-5H,2-3H2,1H3. The normalized spacial score (nSPS) is 12.1. The fourth-order valence-corrected chi connectivity index (χ4v) is 3.08. The summed E-state index contributed by atoms with van der Waals surface area (Å²) in [5, 5.41) is 4.36. The van der Waals surface area contributed by atoms with Gasteiger partial charge in [-0.1, -0.05) is 0 Å². The van der Waals surface area contributed by atoms with Crippen molar-refractivity contribution in [1.29, 1.82) is 0 Å². The Morgan fingerprint density at radius 3 is 2.88 bits per heavy atom. The van der Waals surface area contributed by atoms with Gasteiger partial charge in [0.2, 0.25) is 0 Å². The first-order chi connectivity index (χ1) is 7.56. The summed E-state index contributed by atoms with van der Waals surface area (Å²) < 4.78 is 25.2. The first kappa shape index (κ1) is 11.3. The van der Waals surface area contributed by atoms with Crippen molar-refractivity contribution in [2.75, 3.05) is 11.6 Å². The summed E-state index contributed by atoms with van der Waals surface area (Å²) in [5.74, 6) is -0.107. The van der Waals surface area contributed by atoms with Crippen molar-refractivity contribution in [3.8, 4) is 0 Å². The highest BCUT2D eigenvalue weighted by molar-refractivity contribution is 7.91. The van der Waals surface area contributed by atoms with Crippen LogP contribution in [0.3, 0.4) is 0 Å². The molecule has 0 N–H and O–H groups in total. The fraction of sp³-hybridized carbons (Fsp3) is 0.375. The molecular formula is C8H9ClN4O2S. The minimum atomic E-state index is -3.46. The van der Waals surface area contributed by atoms with Crippen LogP contribution in [0.25, 0.3) is 11.0 Å². The molecule has 0 aliphatic carbocycles. The molecule has 16 heavy (non-hydrogen) atoms. The highest BCUT2D eigenvalue weighted by Crippen LogP contribution is 2.19. The monoisotopic (exact) mass is 260 g/mol. The molecule has 8 heteroatoms. The molecule has 0 atom stereocenters. The Balaban J connectivity index is 2.70. The van der Waals surface area contributed by atoms with E-state index in [0.717, 1.165) is 0 Å². The van der Waals surface area contributed by atoms with Crippen molar-refractivity contribution in [2.45, 2.75) is 5.03 Å². The third kappa shape index (κ3) is 1.76. The summed E-state index contributed by atoms with van der Waals surface area (Å²) in [6, 6.07) is 0. The third-order valence-corrected chi connectivity index (χ3v) is 4.20. The minimum Gasteiger partial charge on any atom is -0.250 e. The second kappa shape index (κ2) is 3.99. The highest BCUT2D eigenvalue weighted by Gasteiger charge is 2.20. The lowest BCUT2D eigenvalue weighted by Gasteiger charge is -2.01. The quantitative estimate of drug-likeness (QED) is 0.589. The number of nitrogens with zero attached hydrogens (tertiary/aromatic N) is 4. The van der Waals surface area contributed by atoms with Crippen LogP contribution in [-0.4, -0.2) is 39.8 Å². The first-order valence-corrected chi connectivity index (χ1v) is 6.66. The van der Waals surface area contributed by atoms with Crippen molar-refractivity contribution in [1.82, 2.24) is 19.7 Å². The maximum absolute atomic E-state index is 11.8. The van der Waals surface area contributed by atoms with Gasteiger partial charge in [-0.2, -0.15) is 5.10 Å². The van der Waals surface area contributed by atoms with Gasteiger partial charge < -0.3 is 0 Å². The van der Waals surface area contributed by atoms with E-state index in [9.17, 15) is 8.42 Å². The lowest BCUT2D eigenvalue weighted by molar-refractivity contribution is 0.594. The van der Waals surface area contributed by atoms with E-state index in [2.05, 4.69) is 15.1 Å². The molecule has 6 nitrogen and oxygen atoms in total. The molecule has 2 aromatic heterocycles. The SMILES string of the molecule is Cn1ncc2c(S(=O)(=O)CCCl)ncnc21. The van der Waals surface area contributed by atoms with Gasteiger partial charge in [0.05, 0.1) is 17.3 Å². The Morgan fingerprint density at radius 2 is 2.19 bits per heavy atom. The molecule has 0 aliphatic rings. The lowest BCUT2D eigenvalue weighted by Crippen LogP contribution is -2.10. The molecule has 2 heterocycles. The van der Waals surface area contributed by atoms with Crippen molar-refractivity contribution in [3.63, 3.8) is 0 Å². The zero-order valence-electron chi connectivity index (χ0n) is 8.46. The molecule has 0 radical (unpaired) electrons. The average Bonchev–Trinajstić information content (AvgIpc) is 2.60. The Labute approximate surface area is 97.2 Å². The molecule has 2 aromatic rings. The van der Waals surface area contributed by atoms with Crippen LogP contribution in [0.4, 0.5) is 0 Å². The first-order valence-electron chi connectivity index (χ1n) is 4.47. The Kier molecular flexibility index (Phi) is 2.81. The van der Waals surface area contributed by atoms with Crippen LogP contribution in [0.15, 0.2) is 17.6 Å². The zero-order chi connectivity index (χ0) is 11.8. The van der Waals surface area contributed by atoms with Crippen LogP contribution >= 0.6 is 11.6 Å². The number of halogens is 1. The molecule has 86 valence electrons. The molecule has 0 aliphatic heterocycles. The van der Waals surface area contributed by atoms with Crippen molar-refractivity contribution in [2.24, 2.45) is 7.05 Å². The number of aromatic nitrogens is 4. The number of rotatable bonds is 3. The van der Waals surface area contributed by atoms with E-state index in [1.54, 1.807) is 7.05 Å². The second-order valence-electron chi connectivity index (χ2n) is 3.19. The molecule has 0 aromatic carbocycles. The third-order valence-electron chi connectivity index (χ3n) is 2.13. The molecule has 2 rings (SSSR count). The molecular weight excluding hydrogens is 252 g/mol. The summed E-state index contributed by atoms with van der Waals surface area (Å²) >= 11 is 5.45.